The van der Waals surface area contributed by atoms with Crippen LogP contribution in [0.15, 0.2) is 0 Å². The Morgan fingerprint density at radius 2 is 2.36 bits per heavy atom. The molecule has 0 aromatic carbocycles. The summed E-state index contributed by atoms with van der Waals surface area (Å²) in [6.07, 6.45) is 0. The lowest BCUT2D eigenvalue weighted by Crippen LogP contribution is -2.37. The van der Waals surface area contributed by atoms with Crippen LogP contribution in [0, 0.1) is 11.3 Å². The largest absolute Gasteiger partial charge is 0.383 e. The fourth-order valence-electron chi connectivity index (χ4n) is 0.449. The summed E-state index contributed by atoms with van der Waals surface area (Å²) in [6.45, 7) is 0.951. The molecule has 62 valence electrons. The highest BCUT2D eigenvalue weighted by molar-refractivity contribution is 5.73. The number of rotatable bonds is 4. The van der Waals surface area contributed by atoms with E-state index < -0.39 is 0 Å². The van der Waals surface area contributed by atoms with E-state index >= 15 is 0 Å². The number of nitrogens with zero attached hydrogens (tertiary/aromatic N) is 1. The topological polar surface area (TPSA) is 74.2 Å². The maximum absolute atomic E-state index is 10.6. The summed E-state index contributed by atoms with van der Waals surface area (Å²) in [4.78, 5) is 10.6. The third-order valence-electron chi connectivity index (χ3n) is 0.920. The summed E-state index contributed by atoms with van der Waals surface area (Å²) >= 11 is 0. The fraction of sp³-hybridized carbons (Fsp3) is 0.667. The second-order valence-electron chi connectivity index (χ2n) is 1.76. The second kappa shape index (κ2) is 6.83. The normalized spacial score (nSPS) is 8.36. The van der Waals surface area contributed by atoms with E-state index in [4.69, 9.17) is 5.26 Å². The number of nitrogens with one attached hydrogen (secondary N) is 2. The van der Waals surface area contributed by atoms with Crippen LogP contribution in [-0.2, 0) is 4.74 Å². The molecule has 0 aromatic heterocycles. The average molecular weight is 157 g/mol. The zero-order valence-corrected chi connectivity index (χ0v) is 6.39. The first-order chi connectivity index (χ1) is 5.31. The average Bonchev–Trinajstić information content (AvgIpc) is 2.01. The van der Waals surface area contributed by atoms with E-state index in [-0.39, 0.29) is 12.6 Å². The lowest BCUT2D eigenvalue weighted by atomic mass is 10.6. The molecular weight excluding hydrogens is 146 g/mol. The van der Waals surface area contributed by atoms with E-state index in [0.29, 0.717) is 13.2 Å². The van der Waals surface area contributed by atoms with Crippen molar-refractivity contribution in [3.05, 3.63) is 0 Å². The van der Waals surface area contributed by atoms with Crippen molar-refractivity contribution in [1.82, 2.24) is 10.6 Å². The molecule has 0 saturated carbocycles. The molecule has 5 heteroatoms. The zero-order valence-electron chi connectivity index (χ0n) is 6.39. The van der Waals surface area contributed by atoms with Gasteiger partial charge in [0, 0.05) is 13.7 Å². The molecule has 2 amide bonds. The van der Waals surface area contributed by atoms with Crippen LogP contribution < -0.4 is 10.6 Å². The Morgan fingerprint density at radius 3 is 2.91 bits per heavy atom. The van der Waals surface area contributed by atoms with Gasteiger partial charge < -0.3 is 15.4 Å². The monoisotopic (exact) mass is 157 g/mol. The Morgan fingerprint density at radius 1 is 1.64 bits per heavy atom. The molecule has 0 rings (SSSR count). The van der Waals surface area contributed by atoms with Crippen molar-refractivity contribution in [1.29, 1.82) is 5.26 Å². The summed E-state index contributed by atoms with van der Waals surface area (Å²) in [7, 11) is 1.55. The van der Waals surface area contributed by atoms with Crippen LogP contribution in [0.1, 0.15) is 0 Å². The molecular formula is C6H11N3O2. The van der Waals surface area contributed by atoms with E-state index in [1.807, 2.05) is 0 Å². The summed E-state index contributed by atoms with van der Waals surface area (Å²) in [5.74, 6) is 0. The highest BCUT2D eigenvalue weighted by atomic mass is 16.5. The first-order valence-corrected chi connectivity index (χ1v) is 3.19. The summed E-state index contributed by atoms with van der Waals surface area (Å²) in [5, 5.41) is 12.9. The van der Waals surface area contributed by atoms with Gasteiger partial charge >= 0.3 is 6.03 Å². The predicted octanol–water partition coefficient (Wildman–Crippen LogP) is -0.544. The van der Waals surface area contributed by atoms with Crippen molar-refractivity contribution in [2.75, 3.05) is 26.8 Å². The number of carbonyl (C=O) groups is 1. The SMILES string of the molecule is COCCNC(=O)NCC#N. The van der Waals surface area contributed by atoms with Gasteiger partial charge in [0.05, 0.1) is 12.7 Å². The van der Waals surface area contributed by atoms with Gasteiger partial charge in [-0.1, -0.05) is 0 Å². The van der Waals surface area contributed by atoms with Gasteiger partial charge in [-0.3, -0.25) is 0 Å². The standard InChI is InChI=1S/C6H11N3O2/c1-11-5-4-9-6(10)8-3-2-7/h3-5H2,1H3,(H2,8,9,10). The highest BCUT2D eigenvalue weighted by Gasteiger charge is 1.95. The maximum Gasteiger partial charge on any atom is 0.315 e. The van der Waals surface area contributed by atoms with Crippen LogP contribution in [0.25, 0.3) is 0 Å². The number of methoxy groups -OCH3 is 1. The Labute approximate surface area is 65.3 Å². The molecule has 0 fully saturated rings. The third-order valence-corrected chi connectivity index (χ3v) is 0.920. The van der Waals surface area contributed by atoms with Crippen LogP contribution in [0.5, 0.6) is 0 Å². The predicted molar refractivity (Wildman–Crippen MR) is 38.9 cm³/mol. The van der Waals surface area contributed by atoms with E-state index in [2.05, 4.69) is 15.4 Å². The Bertz CT molecular complexity index is 152. The van der Waals surface area contributed by atoms with Crippen molar-refractivity contribution in [2.45, 2.75) is 0 Å². The molecule has 0 spiro atoms. The smallest absolute Gasteiger partial charge is 0.315 e. The van der Waals surface area contributed by atoms with Crippen molar-refractivity contribution < 1.29 is 9.53 Å². The zero-order chi connectivity index (χ0) is 8.53. The minimum absolute atomic E-state index is 0.0266. The van der Waals surface area contributed by atoms with Gasteiger partial charge in [0.15, 0.2) is 0 Å². The summed E-state index contributed by atoms with van der Waals surface area (Å²) in [6, 6.07) is 1.44. The van der Waals surface area contributed by atoms with E-state index in [1.54, 1.807) is 13.2 Å². The molecule has 5 nitrogen and oxygen atoms in total. The van der Waals surface area contributed by atoms with E-state index in [1.165, 1.54) is 0 Å². The molecule has 0 aliphatic rings. The molecule has 0 heterocycles. The molecule has 0 bridgehead atoms. The lowest BCUT2D eigenvalue weighted by Gasteiger charge is -2.02. The van der Waals surface area contributed by atoms with Gasteiger partial charge in [0.1, 0.15) is 6.54 Å². The fourth-order valence-corrected chi connectivity index (χ4v) is 0.449. The number of ether oxygens (including phenoxy) is 1. The van der Waals surface area contributed by atoms with Gasteiger partial charge in [0.25, 0.3) is 0 Å². The highest BCUT2D eigenvalue weighted by Crippen LogP contribution is 1.66. The summed E-state index contributed by atoms with van der Waals surface area (Å²) in [5.41, 5.74) is 0. The number of hydrogen-bond donors (Lipinski definition) is 2. The van der Waals surface area contributed by atoms with Crippen LogP contribution >= 0.6 is 0 Å². The molecule has 0 aliphatic carbocycles. The number of urea groups is 1. The van der Waals surface area contributed by atoms with Crippen molar-refractivity contribution in [2.24, 2.45) is 0 Å². The minimum atomic E-state index is -0.344. The molecule has 0 aromatic rings. The van der Waals surface area contributed by atoms with E-state index in [9.17, 15) is 4.79 Å². The van der Waals surface area contributed by atoms with E-state index in [0.717, 1.165) is 0 Å². The molecule has 0 unspecified atom stereocenters. The van der Waals surface area contributed by atoms with Crippen LogP contribution in [0.3, 0.4) is 0 Å². The molecule has 0 atom stereocenters. The molecule has 11 heavy (non-hydrogen) atoms. The number of amides is 2. The number of nitriles is 1. The van der Waals surface area contributed by atoms with Crippen LogP contribution in [-0.4, -0.2) is 32.8 Å². The lowest BCUT2D eigenvalue weighted by molar-refractivity contribution is 0.196. The first-order valence-electron chi connectivity index (χ1n) is 3.19. The molecule has 0 saturated heterocycles. The quantitative estimate of drug-likeness (QED) is 0.425. The second-order valence-corrected chi connectivity index (χ2v) is 1.76. The van der Waals surface area contributed by atoms with Crippen molar-refractivity contribution in [3.8, 4) is 6.07 Å². The third kappa shape index (κ3) is 6.61. The minimum Gasteiger partial charge on any atom is -0.383 e. The number of carbonyl (C=O) groups excluding carboxylic acids is 1. The molecule has 0 radical (unpaired) electrons. The number of hydrogen-bond acceptors (Lipinski definition) is 3. The van der Waals surface area contributed by atoms with Gasteiger partial charge in [-0.05, 0) is 0 Å². The molecule has 0 aliphatic heterocycles. The van der Waals surface area contributed by atoms with Crippen LogP contribution in [0.4, 0.5) is 4.79 Å². The summed E-state index contributed by atoms with van der Waals surface area (Å²) < 4.78 is 4.69. The van der Waals surface area contributed by atoms with Gasteiger partial charge in [-0.15, -0.1) is 0 Å². The Kier molecular flexibility index (Phi) is 6.04. The van der Waals surface area contributed by atoms with Gasteiger partial charge in [-0.2, -0.15) is 5.26 Å². The van der Waals surface area contributed by atoms with Crippen LogP contribution in [0.2, 0.25) is 0 Å². The van der Waals surface area contributed by atoms with Gasteiger partial charge in [-0.25, -0.2) is 4.79 Å². The first kappa shape index (κ1) is 9.72. The molecule has 2 N–H and O–H groups in total. The van der Waals surface area contributed by atoms with Crippen molar-refractivity contribution in [3.63, 3.8) is 0 Å². The van der Waals surface area contributed by atoms with Crippen molar-refractivity contribution >= 4 is 6.03 Å². The van der Waals surface area contributed by atoms with Gasteiger partial charge in [0.2, 0.25) is 0 Å². The Balaban J connectivity index is 3.17. The Hall–Kier alpha value is -1.28. The maximum atomic E-state index is 10.6.